The molecule has 0 N–H and O–H groups in total. The zero-order valence-electron chi connectivity index (χ0n) is 7.64. The van der Waals surface area contributed by atoms with Crippen LogP contribution in [-0.2, 0) is 9.53 Å². The molecule has 12 heavy (non-hydrogen) atoms. The van der Waals surface area contributed by atoms with Crippen LogP contribution in [0.15, 0.2) is 0 Å². The molecule has 1 heterocycles. The molecule has 66 valence electrons. The first-order valence-electron chi connectivity index (χ1n) is 4.26. The van der Waals surface area contributed by atoms with Gasteiger partial charge in [0.05, 0.1) is 6.42 Å². The number of hydrogen-bond donors (Lipinski definition) is 0. The first kappa shape index (κ1) is 9.28. The van der Waals surface area contributed by atoms with Crippen LogP contribution >= 0.6 is 0 Å². The fourth-order valence-corrected chi connectivity index (χ4v) is 1.35. The zero-order chi connectivity index (χ0) is 9.03. The number of carbonyl (C=O) groups excluding carboxylic acids is 1. The molecular weight excluding hydrogens is 152 g/mol. The zero-order valence-corrected chi connectivity index (χ0v) is 7.64. The average molecular weight is 166 g/mol. The number of ketones is 1. The van der Waals surface area contributed by atoms with Crippen LogP contribution in [0.25, 0.3) is 0 Å². The van der Waals surface area contributed by atoms with E-state index in [9.17, 15) is 4.79 Å². The van der Waals surface area contributed by atoms with Gasteiger partial charge in [-0.3, -0.25) is 4.79 Å². The van der Waals surface area contributed by atoms with Gasteiger partial charge in [0.2, 0.25) is 0 Å². The van der Waals surface area contributed by atoms with E-state index in [4.69, 9.17) is 4.74 Å². The second-order valence-corrected chi connectivity index (χ2v) is 3.21. The SMILES string of the molecule is CC#CCC(=O)C1(C)CCCO1. The molecule has 0 aliphatic carbocycles. The topological polar surface area (TPSA) is 26.3 Å². The van der Waals surface area contributed by atoms with Crippen molar-refractivity contribution in [2.45, 2.75) is 38.7 Å². The van der Waals surface area contributed by atoms with E-state index in [0.717, 1.165) is 12.8 Å². The number of hydrogen-bond acceptors (Lipinski definition) is 2. The molecule has 1 fully saturated rings. The van der Waals surface area contributed by atoms with E-state index in [0.29, 0.717) is 13.0 Å². The van der Waals surface area contributed by atoms with Crippen molar-refractivity contribution in [3.05, 3.63) is 0 Å². The van der Waals surface area contributed by atoms with E-state index in [-0.39, 0.29) is 5.78 Å². The Hall–Kier alpha value is -0.810. The third-order valence-corrected chi connectivity index (χ3v) is 2.23. The Balaban J connectivity index is 2.53. The van der Waals surface area contributed by atoms with E-state index < -0.39 is 5.60 Å². The van der Waals surface area contributed by atoms with Gasteiger partial charge in [-0.05, 0) is 26.7 Å². The van der Waals surface area contributed by atoms with Gasteiger partial charge in [0, 0.05) is 6.61 Å². The normalized spacial score (nSPS) is 27.8. The minimum Gasteiger partial charge on any atom is -0.367 e. The van der Waals surface area contributed by atoms with Crippen LogP contribution < -0.4 is 0 Å². The fraction of sp³-hybridized carbons (Fsp3) is 0.700. The van der Waals surface area contributed by atoms with Crippen LogP contribution in [0.3, 0.4) is 0 Å². The lowest BCUT2D eigenvalue weighted by atomic mass is 9.95. The maximum absolute atomic E-state index is 11.5. The van der Waals surface area contributed by atoms with E-state index in [2.05, 4.69) is 11.8 Å². The van der Waals surface area contributed by atoms with Gasteiger partial charge < -0.3 is 4.74 Å². The molecule has 0 radical (unpaired) electrons. The summed E-state index contributed by atoms with van der Waals surface area (Å²) >= 11 is 0. The number of ether oxygens (including phenoxy) is 1. The first-order valence-corrected chi connectivity index (χ1v) is 4.26. The Kier molecular flexibility index (Phi) is 2.88. The molecule has 2 heteroatoms. The fourth-order valence-electron chi connectivity index (χ4n) is 1.35. The highest BCUT2D eigenvalue weighted by atomic mass is 16.5. The minimum atomic E-state index is -0.538. The van der Waals surface area contributed by atoms with Crippen molar-refractivity contribution in [2.24, 2.45) is 0 Å². The van der Waals surface area contributed by atoms with Crippen LogP contribution in [0.1, 0.15) is 33.1 Å². The number of carbonyl (C=O) groups is 1. The predicted molar refractivity (Wildman–Crippen MR) is 46.7 cm³/mol. The monoisotopic (exact) mass is 166 g/mol. The summed E-state index contributed by atoms with van der Waals surface area (Å²) in [6, 6.07) is 0. The van der Waals surface area contributed by atoms with Crippen molar-refractivity contribution < 1.29 is 9.53 Å². The Morgan fingerprint density at radius 3 is 2.92 bits per heavy atom. The van der Waals surface area contributed by atoms with Crippen LogP contribution in [0.2, 0.25) is 0 Å². The van der Waals surface area contributed by atoms with Gasteiger partial charge in [-0.1, -0.05) is 5.92 Å². The molecule has 0 aromatic rings. The molecule has 0 aromatic heterocycles. The molecule has 2 nitrogen and oxygen atoms in total. The number of rotatable bonds is 2. The lowest BCUT2D eigenvalue weighted by Gasteiger charge is -2.19. The number of Topliss-reactive ketones (excluding diaryl/α,β-unsaturated/α-hetero) is 1. The maximum Gasteiger partial charge on any atom is 0.176 e. The molecular formula is C10H14O2. The second-order valence-electron chi connectivity index (χ2n) is 3.21. The van der Waals surface area contributed by atoms with Crippen LogP contribution in [0.4, 0.5) is 0 Å². The average Bonchev–Trinajstić information content (AvgIpc) is 2.49. The quantitative estimate of drug-likeness (QED) is 0.582. The van der Waals surface area contributed by atoms with Gasteiger partial charge in [0.15, 0.2) is 5.78 Å². The van der Waals surface area contributed by atoms with Crippen LogP contribution in [0.5, 0.6) is 0 Å². The standard InChI is InChI=1S/C10H14O2/c1-3-4-6-9(11)10(2)7-5-8-12-10/h5-8H2,1-2H3. The molecule has 1 atom stereocenters. The second kappa shape index (κ2) is 3.73. The molecule has 1 rings (SSSR count). The molecule has 1 saturated heterocycles. The summed E-state index contributed by atoms with van der Waals surface area (Å²) in [5, 5.41) is 0. The van der Waals surface area contributed by atoms with Crippen molar-refractivity contribution in [3.8, 4) is 11.8 Å². The van der Waals surface area contributed by atoms with Crippen LogP contribution in [-0.4, -0.2) is 18.0 Å². The summed E-state index contributed by atoms with van der Waals surface area (Å²) in [6.45, 7) is 4.31. The van der Waals surface area contributed by atoms with Gasteiger partial charge in [0.1, 0.15) is 5.60 Å². The summed E-state index contributed by atoms with van der Waals surface area (Å²) in [7, 11) is 0. The summed E-state index contributed by atoms with van der Waals surface area (Å²) in [5.74, 6) is 5.60. The van der Waals surface area contributed by atoms with Crippen molar-refractivity contribution in [2.75, 3.05) is 6.61 Å². The highest BCUT2D eigenvalue weighted by Gasteiger charge is 2.36. The highest BCUT2D eigenvalue weighted by Crippen LogP contribution is 2.26. The molecule has 0 aromatic carbocycles. The summed E-state index contributed by atoms with van der Waals surface area (Å²) in [4.78, 5) is 11.5. The van der Waals surface area contributed by atoms with Gasteiger partial charge in [-0.25, -0.2) is 0 Å². The molecule has 0 bridgehead atoms. The van der Waals surface area contributed by atoms with Crippen molar-refractivity contribution >= 4 is 5.78 Å². The summed E-state index contributed by atoms with van der Waals surface area (Å²) in [5.41, 5.74) is -0.538. The third kappa shape index (κ3) is 1.86. The van der Waals surface area contributed by atoms with Gasteiger partial charge in [0.25, 0.3) is 0 Å². The third-order valence-electron chi connectivity index (χ3n) is 2.23. The van der Waals surface area contributed by atoms with E-state index >= 15 is 0 Å². The van der Waals surface area contributed by atoms with Gasteiger partial charge >= 0.3 is 0 Å². The molecule has 1 aliphatic heterocycles. The van der Waals surface area contributed by atoms with Crippen molar-refractivity contribution in [3.63, 3.8) is 0 Å². The molecule has 1 aliphatic rings. The van der Waals surface area contributed by atoms with Crippen molar-refractivity contribution in [1.29, 1.82) is 0 Å². The Morgan fingerprint density at radius 1 is 1.67 bits per heavy atom. The first-order chi connectivity index (χ1) is 5.69. The lowest BCUT2D eigenvalue weighted by molar-refractivity contribution is -0.136. The Labute approximate surface area is 73.3 Å². The predicted octanol–water partition coefficient (Wildman–Crippen LogP) is 1.54. The summed E-state index contributed by atoms with van der Waals surface area (Å²) < 4.78 is 5.38. The Morgan fingerprint density at radius 2 is 2.42 bits per heavy atom. The molecule has 0 saturated carbocycles. The highest BCUT2D eigenvalue weighted by molar-refractivity contribution is 5.89. The largest absolute Gasteiger partial charge is 0.367 e. The maximum atomic E-state index is 11.5. The van der Waals surface area contributed by atoms with Crippen LogP contribution in [0, 0.1) is 11.8 Å². The van der Waals surface area contributed by atoms with Crippen molar-refractivity contribution in [1.82, 2.24) is 0 Å². The Bertz CT molecular complexity index is 226. The van der Waals surface area contributed by atoms with E-state index in [1.165, 1.54) is 0 Å². The minimum absolute atomic E-state index is 0.120. The van der Waals surface area contributed by atoms with Gasteiger partial charge in [-0.2, -0.15) is 0 Å². The molecule has 0 spiro atoms. The van der Waals surface area contributed by atoms with E-state index in [1.807, 2.05) is 6.92 Å². The lowest BCUT2D eigenvalue weighted by Crippen LogP contribution is -2.33. The molecule has 1 unspecified atom stereocenters. The smallest absolute Gasteiger partial charge is 0.176 e. The van der Waals surface area contributed by atoms with Gasteiger partial charge in [-0.15, -0.1) is 5.92 Å². The van der Waals surface area contributed by atoms with E-state index in [1.54, 1.807) is 6.92 Å². The molecule has 0 amide bonds. The summed E-state index contributed by atoms with van der Waals surface area (Å²) in [6.07, 6.45) is 2.16.